The second kappa shape index (κ2) is 15.5. The van der Waals surface area contributed by atoms with Gasteiger partial charge in [-0.05, 0) is 67.5 Å². The van der Waals surface area contributed by atoms with Gasteiger partial charge in [0.2, 0.25) is 0 Å². The minimum atomic E-state index is -1.02. The summed E-state index contributed by atoms with van der Waals surface area (Å²) in [6, 6.07) is 8.68. The zero-order valence-corrected chi connectivity index (χ0v) is 25.6. The van der Waals surface area contributed by atoms with E-state index in [9.17, 15) is 29.4 Å². The molecule has 3 amide bonds. The van der Waals surface area contributed by atoms with Crippen LogP contribution in [0.2, 0.25) is 0 Å². The number of nitrogens with one attached hydrogen (secondary N) is 4. The maximum atomic E-state index is 13.3. The minimum absolute atomic E-state index is 0.00953. The second-order valence-corrected chi connectivity index (χ2v) is 10.9. The van der Waals surface area contributed by atoms with E-state index in [0.29, 0.717) is 37.1 Å². The lowest BCUT2D eigenvalue weighted by Crippen LogP contribution is -2.46. The topological polar surface area (TPSA) is 216 Å². The van der Waals surface area contributed by atoms with Crippen molar-refractivity contribution in [3.05, 3.63) is 53.1 Å². The van der Waals surface area contributed by atoms with Gasteiger partial charge >= 0.3 is 12.1 Å². The molecule has 0 aromatic heterocycles. The molecule has 0 atom stereocenters. The number of aromatic hydroxyl groups is 2. The van der Waals surface area contributed by atoms with Crippen LogP contribution < -0.4 is 15.5 Å². The third kappa shape index (κ3) is 8.94. The van der Waals surface area contributed by atoms with Crippen molar-refractivity contribution >= 4 is 41.2 Å². The van der Waals surface area contributed by atoms with E-state index in [1.807, 2.05) is 13.8 Å². The van der Waals surface area contributed by atoms with Gasteiger partial charge in [0.1, 0.15) is 17.3 Å². The van der Waals surface area contributed by atoms with Crippen LogP contribution in [0.1, 0.15) is 67.4 Å². The number of anilines is 1. The predicted octanol–water partition coefficient (Wildman–Crippen LogP) is 3.22. The number of phenols is 2. The number of likely N-dealkylation sites (N-methyl/N-ethyl adjacent to an activating group) is 1. The molecule has 0 unspecified atom stereocenters. The molecule has 0 bridgehead atoms. The molecule has 2 aromatic rings. The van der Waals surface area contributed by atoms with Gasteiger partial charge in [-0.1, -0.05) is 13.8 Å². The van der Waals surface area contributed by atoms with Crippen molar-refractivity contribution in [1.29, 1.82) is 10.8 Å². The van der Waals surface area contributed by atoms with Crippen LogP contribution in [-0.2, 0) is 14.3 Å². The molecule has 0 saturated carbocycles. The number of hydrogen-bond donors (Lipinski definition) is 7. The molecule has 2 aromatic carbocycles. The molecule has 14 nitrogen and oxygen atoms in total. The van der Waals surface area contributed by atoms with E-state index in [1.165, 1.54) is 30.3 Å². The fourth-order valence-electron chi connectivity index (χ4n) is 4.84. The number of amidine groups is 2. The van der Waals surface area contributed by atoms with Gasteiger partial charge in [0.05, 0.1) is 18.6 Å². The molecule has 1 saturated heterocycles. The first-order chi connectivity index (χ1) is 21.3. The van der Waals surface area contributed by atoms with Gasteiger partial charge in [-0.2, -0.15) is 0 Å². The van der Waals surface area contributed by atoms with Crippen LogP contribution in [-0.4, -0.2) is 88.6 Å². The highest BCUT2D eigenvalue weighted by Crippen LogP contribution is 2.34. The minimum Gasteiger partial charge on any atom is -0.508 e. The maximum Gasteiger partial charge on any atom is 0.407 e. The highest BCUT2D eigenvalue weighted by atomic mass is 16.5. The number of nitrogens with zero attached hydrogens (tertiary/aromatic N) is 2. The summed E-state index contributed by atoms with van der Waals surface area (Å²) in [6.07, 6.45) is 0.331. The Kier molecular flexibility index (Phi) is 11.9. The molecule has 1 heterocycles. The van der Waals surface area contributed by atoms with E-state index in [-0.39, 0.29) is 66.7 Å². The van der Waals surface area contributed by atoms with E-state index in [1.54, 1.807) is 11.8 Å². The first kappa shape index (κ1) is 34.4. The number of phenolic OH excluding ortho intramolecular Hbond substituents is 2. The molecule has 0 spiro atoms. The Morgan fingerprint density at radius 1 is 1.02 bits per heavy atom. The van der Waals surface area contributed by atoms with Gasteiger partial charge in [0.25, 0.3) is 11.8 Å². The first-order valence-corrected chi connectivity index (χ1v) is 14.7. The lowest BCUT2D eigenvalue weighted by molar-refractivity contribution is -0.136. The van der Waals surface area contributed by atoms with E-state index >= 15 is 0 Å². The fraction of sp³-hybridized carbons (Fsp3) is 0.419. The van der Waals surface area contributed by atoms with Crippen molar-refractivity contribution in [2.75, 3.05) is 37.7 Å². The van der Waals surface area contributed by atoms with Crippen molar-refractivity contribution < 1.29 is 39.2 Å². The van der Waals surface area contributed by atoms with Crippen LogP contribution in [0.3, 0.4) is 0 Å². The number of amides is 3. The van der Waals surface area contributed by atoms with Gasteiger partial charge < -0.3 is 35.6 Å². The number of carboxylic acids is 1. The smallest absolute Gasteiger partial charge is 0.407 e. The molecule has 45 heavy (non-hydrogen) atoms. The predicted molar refractivity (Wildman–Crippen MR) is 166 cm³/mol. The normalized spacial score (nSPS) is 13.2. The molecule has 1 fully saturated rings. The lowest BCUT2D eigenvalue weighted by Gasteiger charge is -2.32. The maximum absolute atomic E-state index is 13.3. The van der Waals surface area contributed by atoms with E-state index in [2.05, 4.69) is 10.6 Å². The second-order valence-electron chi connectivity index (χ2n) is 10.9. The molecule has 0 radical (unpaired) electrons. The zero-order valence-electron chi connectivity index (χ0n) is 25.6. The molecule has 1 aliphatic heterocycles. The Bertz CT molecular complexity index is 1430. The third-order valence-corrected chi connectivity index (χ3v) is 7.35. The van der Waals surface area contributed by atoms with Gasteiger partial charge in [-0.15, -0.1) is 0 Å². The molecule has 3 rings (SSSR count). The van der Waals surface area contributed by atoms with Crippen molar-refractivity contribution in [1.82, 2.24) is 15.5 Å². The number of ether oxygens (including phenoxy) is 1. The molecule has 7 N–H and O–H groups in total. The summed E-state index contributed by atoms with van der Waals surface area (Å²) in [5.41, 5.74) is 1.09. The van der Waals surface area contributed by atoms with Gasteiger partial charge in [-0.25, -0.2) is 4.79 Å². The summed E-state index contributed by atoms with van der Waals surface area (Å²) in [5.74, 6) is -3.55. The summed E-state index contributed by atoms with van der Waals surface area (Å²) in [4.78, 5) is 51.0. The van der Waals surface area contributed by atoms with Gasteiger partial charge in [0, 0.05) is 43.5 Å². The SMILES string of the molecule is CCNC(=O)C(=N)N(C(=N)c1cc(C(C)C)c(O)cc1O)c1ccc(C(=O)N2CCC(COC(=O)NCCC(=O)O)CC2)cc1. The number of piperidine rings is 1. The van der Waals surface area contributed by atoms with Crippen molar-refractivity contribution in [2.45, 2.75) is 46.0 Å². The van der Waals surface area contributed by atoms with Gasteiger partial charge in [-0.3, -0.25) is 30.1 Å². The molecule has 14 heteroatoms. The van der Waals surface area contributed by atoms with Crippen LogP contribution in [0.15, 0.2) is 36.4 Å². The number of rotatable bonds is 10. The summed E-state index contributed by atoms with van der Waals surface area (Å²) in [7, 11) is 0. The number of likely N-dealkylation sites (tertiary alicyclic amines) is 1. The Morgan fingerprint density at radius 3 is 2.24 bits per heavy atom. The molecule has 242 valence electrons. The van der Waals surface area contributed by atoms with E-state index < -0.39 is 29.6 Å². The van der Waals surface area contributed by atoms with Crippen LogP contribution >= 0.6 is 0 Å². The van der Waals surface area contributed by atoms with E-state index in [0.717, 1.165) is 11.0 Å². The molecular formula is C31H40N6O8. The van der Waals surface area contributed by atoms with Crippen LogP contribution in [0.25, 0.3) is 0 Å². The summed E-state index contributed by atoms with van der Waals surface area (Å²) in [5, 5.41) is 51.9. The molecular weight excluding hydrogens is 584 g/mol. The lowest BCUT2D eigenvalue weighted by atomic mass is 9.97. The Labute approximate surface area is 261 Å². The zero-order chi connectivity index (χ0) is 33.3. The first-order valence-electron chi connectivity index (χ1n) is 14.7. The number of alkyl carbamates (subject to hydrolysis) is 1. The summed E-state index contributed by atoms with van der Waals surface area (Å²) >= 11 is 0. The third-order valence-electron chi connectivity index (χ3n) is 7.35. The standard InChI is InChI=1S/C31H40N6O8/c1-4-34-29(42)28(33)37(27(32)23-15-22(18(2)3)24(38)16-25(23)39)21-7-5-20(6-8-21)30(43)36-13-10-19(11-14-36)17-45-31(44)35-12-9-26(40)41/h5-8,15-16,18-19,32-33,38-39H,4,9-14,17H2,1-3H3,(H,34,42)(H,35,44)(H,40,41). The largest absolute Gasteiger partial charge is 0.508 e. The highest BCUT2D eigenvalue weighted by Gasteiger charge is 2.28. The quantitative estimate of drug-likeness (QED) is 0.152. The van der Waals surface area contributed by atoms with Crippen molar-refractivity contribution in [3.63, 3.8) is 0 Å². The van der Waals surface area contributed by atoms with Crippen molar-refractivity contribution in [2.24, 2.45) is 5.92 Å². The Morgan fingerprint density at radius 2 is 1.67 bits per heavy atom. The van der Waals surface area contributed by atoms with E-state index in [4.69, 9.17) is 20.7 Å². The molecule has 0 aliphatic carbocycles. The Hall–Kier alpha value is -5.14. The number of benzene rings is 2. The van der Waals surface area contributed by atoms with Crippen LogP contribution in [0, 0.1) is 16.7 Å². The van der Waals surface area contributed by atoms with Crippen LogP contribution in [0.5, 0.6) is 11.5 Å². The fourth-order valence-corrected chi connectivity index (χ4v) is 4.84. The number of carboxylic acid groups (broad SMARTS) is 1. The number of carbonyl (C=O) groups excluding carboxylic acids is 3. The number of carbonyl (C=O) groups is 4. The summed E-state index contributed by atoms with van der Waals surface area (Å²) < 4.78 is 5.17. The monoisotopic (exact) mass is 624 g/mol. The molecule has 1 aliphatic rings. The average molecular weight is 625 g/mol. The number of hydrogen-bond acceptors (Lipinski definition) is 9. The van der Waals surface area contributed by atoms with Crippen LogP contribution in [0.4, 0.5) is 10.5 Å². The highest BCUT2D eigenvalue weighted by molar-refractivity contribution is 6.48. The van der Waals surface area contributed by atoms with Gasteiger partial charge in [0.15, 0.2) is 5.84 Å². The summed E-state index contributed by atoms with van der Waals surface area (Å²) in [6.45, 7) is 6.63. The number of aliphatic carboxylic acids is 1. The van der Waals surface area contributed by atoms with Crippen molar-refractivity contribution in [3.8, 4) is 11.5 Å². The Balaban J connectivity index is 1.72. The average Bonchev–Trinajstić information content (AvgIpc) is 3.00.